The van der Waals surface area contributed by atoms with Crippen molar-refractivity contribution in [1.82, 2.24) is 0 Å². The van der Waals surface area contributed by atoms with Gasteiger partial charge in [0.2, 0.25) is 0 Å². The third-order valence-corrected chi connectivity index (χ3v) is 9.42. The first-order valence-corrected chi connectivity index (χ1v) is 15.3. The van der Waals surface area contributed by atoms with Gasteiger partial charge in [-0.25, -0.2) is 9.18 Å². The normalized spacial score (nSPS) is 21.9. The molecule has 47 heavy (non-hydrogen) atoms. The minimum absolute atomic E-state index is 0.00997. The molecule has 2 saturated carbocycles. The number of carboxylic acid groups (broad SMARTS) is 1. The number of carbonyl (C=O) groups is 1. The van der Waals surface area contributed by atoms with E-state index in [2.05, 4.69) is 17.3 Å². The number of aromatic carboxylic acids is 1. The number of rotatable bonds is 9. The molecule has 0 aromatic heterocycles. The molecule has 2 aliphatic carbocycles. The molecule has 2 bridgehead atoms. The fourth-order valence-electron chi connectivity index (χ4n) is 7.20. The van der Waals surface area contributed by atoms with Crippen LogP contribution in [0.15, 0.2) is 71.5 Å². The number of hydrogen-bond donors (Lipinski definition) is 4. The molecule has 0 spiro atoms. The molecule has 0 saturated heterocycles. The molecule has 2 fully saturated rings. The zero-order chi connectivity index (χ0) is 34.3. The Morgan fingerprint density at radius 3 is 2.26 bits per heavy atom. The van der Waals surface area contributed by atoms with Crippen LogP contribution in [0.25, 0.3) is 11.1 Å². The molecule has 8 nitrogen and oxygen atoms in total. The number of hydroxylamine groups is 2. The zero-order valence-electron chi connectivity index (χ0n) is 26.5. The van der Waals surface area contributed by atoms with Crippen LogP contribution in [0, 0.1) is 17.7 Å². The van der Waals surface area contributed by atoms with Crippen molar-refractivity contribution in [1.29, 1.82) is 0 Å². The summed E-state index contributed by atoms with van der Waals surface area (Å²) in [6, 6.07) is 12.8. The second-order valence-corrected chi connectivity index (χ2v) is 12.7. The van der Waals surface area contributed by atoms with Crippen molar-refractivity contribution in [2.24, 2.45) is 16.8 Å². The lowest BCUT2D eigenvalue weighted by Crippen LogP contribution is -2.45. The second-order valence-electron chi connectivity index (χ2n) is 12.7. The van der Waals surface area contributed by atoms with Crippen LogP contribution in [0.3, 0.4) is 0 Å². The van der Waals surface area contributed by atoms with E-state index in [1.807, 2.05) is 12.1 Å². The van der Waals surface area contributed by atoms with Gasteiger partial charge >= 0.3 is 18.0 Å². The Hall–Kier alpha value is -4.26. The Kier molecular flexibility index (Phi) is 9.24. The molecule has 3 aromatic rings. The summed E-state index contributed by atoms with van der Waals surface area (Å²) in [7, 11) is 1.17. The van der Waals surface area contributed by atoms with Gasteiger partial charge in [0.05, 0.1) is 28.9 Å². The quantitative estimate of drug-likeness (QED) is 0.0792. The summed E-state index contributed by atoms with van der Waals surface area (Å²) in [6.07, 6.45) is 2.46. The number of nitrogens with zero attached hydrogens (tertiary/aromatic N) is 2. The number of quaternary nitrogens is 1. The van der Waals surface area contributed by atoms with Gasteiger partial charge < -0.3 is 9.84 Å². The topological polar surface area (TPSA) is 111 Å². The van der Waals surface area contributed by atoms with Crippen LogP contribution in [0.5, 0.6) is 5.75 Å². The second kappa shape index (κ2) is 12.7. The van der Waals surface area contributed by atoms with Crippen molar-refractivity contribution in [2.75, 3.05) is 12.5 Å². The molecule has 0 radical (unpaired) electrons. The highest BCUT2D eigenvalue weighted by atomic mass is 19.4. The number of ether oxygens (including phenoxy) is 1. The monoisotopic (exact) mass is 656 g/mol. The first-order valence-electron chi connectivity index (χ1n) is 15.3. The molecule has 2 unspecified atom stereocenters. The predicted octanol–water partition coefficient (Wildman–Crippen LogP) is 8.98. The fourth-order valence-corrected chi connectivity index (χ4v) is 7.20. The first kappa shape index (κ1) is 34.1. The van der Waals surface area contributed by atoms with Crippen LogP contribution >= 0.6 is 0 Å². The summed E-state index contributed by atoms with van der Waals surface area (Å²) in [6.45, 7) is 5.08. The Morgan fingerprint density at radius 2 is 1.70 bits per heavy atom. The zero-order valence-corrected chi connectivity index (χ0v) is 26.5. The highest BCUT2D eigenvalue weighted by Crippen LogP contribution is 2.52. The van der Waals surface area contributed by atoms with Crippen LogP contribution in [-0.2, 0) is 11.6 Å². The van der Waals surface area contributed by atoms with E-state index in [0.717, 1.165) is 30.5 Å². The number of allylic oxidation sites excluding steroid dienone is 1. The Bertz CT molecular complexity index is 1720. The molecular weight excluding hydrogens is 618 g/mol. The molecule has 5 rings (SSSR count). The van der Waals surface area contributed by atoms with Crippen molar-refractivity contribution < 1.29 is 47.5 Å². The summed E-state index contributed by atoms with van der Waals surface area (Å²) in [5, 5.41) is 30.7. The smallest absolute Gasteiger partial charge is 0.417 e. The van der Waals surface area contributed by atoms with E-state index < -0.39 is 39.8 Å². The minimum atomic E-state index is -4.69. The standard InChI is InChI=1S/C35H37F4N3O5/c1-5-32(42(45,46)41-30-17-29(36)27(33(43)44)16-31(30)47-4)40-20(2)24-10-13-26(28(15-24)35(37,38)39)23-8-11-25(12-9-23)34(3)18-21-6-7-22(14-21)19-34/h5,8-13,15-17,21-22,41,45-46H,6-7,14,18-19H2,1-4H3/p+1/b32-5+,40-20+. The molecule has 2 aliphatic rings. The number of benzene rings is 3. The van der Waals surface area contributed by atoms with Crippen LogP contribution in [0.4, 0.5) is 23.2 Å². The van der Waals surface area contributed by atoms with Crippen molar-refractivity contribution in [3.63, 3.8) is 0 Å². The molecule has 3 aromatic carbocycles. The number of hydrogen-bond acceptors (Lipinski definition) is 6. The van der Waals surface area contributed by atoms with Crippen molar-refractivity contribution in [3.8, 4) is 16.9 Å². The average molecular weight is 657 g/mol. The summed E-state index contributed by atoms with van der Waals surface area (Å²) in [5.41, 5.74) is 2.00. The first-order chi connectivity index (χ1) is 22.0. The Balaban J connectivity index is 1.42. The van der Waals surface area contributed by atoms with E-state index in [1.54, 1.807) is 12.1 Å². The number of halogens is 4. The number of alkyl halides is 3. The van der Waals surface area contributed by atoms with Crippen molar-refractivity contribution in [3.05, 3.63) is 94.6 Å². The van der Waals surface area contributed by atoms with Crippen LogP contribution < -0.4 is 10.2 Å². The largest absolute Gasteiger partial charge is 0.494 e. The van der Waals surface area contributed by atoms with Gasteiger partial charge in [-0.05, 0) is 84.7 Å². The maximum absolute atomic E-state index is 14.4. The highest BCUT2D eigenvalue weighted by molar-refractivity contribution is 6.00. The number of methoxy groups -OCH3 is 1. The van der Waals surface area contributed by atoms with Gasteiger partial charge in [-0.3, -0.25) is 0 Å². The van der Waals surface area contributed by atoms with Gasteiger partial charge in [0.15, 0.2) is 0 Å². The van der Waals surface area contributed by atoms with E-state index in [9.17, 15) is 32.8 Å². The van der Waals surface area contributed by atoms with E-state index in [0.29, 0.717) is 23.5 Å². The SMILES string of the molecule is C/C=C(\N=C(/C)c1ccc(-c2ccc(C3(C)CC4CCC(C4)C3)cc2)c(C(F)(F)F)c1)[N+](O)(O)Nc1cc(F)c(C(=O)O)cc1OC. The maximum atomic E-state index is 14.4. The van der Waals surface area contributed by atoms with Gasteiger partial charge in [0.1, 0.15) is 17.3 Å². The third kappa shape index (κ3) is 7.04. The van der Waals surface area contributed by atoms with Crippen molar-refractivity contribution in [2.45, 2.75) is 64.5 Å². The molecule has 250 valence electrons. The Labute approximate surface area is 270 Å². The van der Waals surface area contributed by atoms with Gasteiger partial charge in [-0.15, -0.1) is 10.4 Å². The van der Waals surface area contributed by atoms with Crippen LogP contribution in [-0.4, -0.2) is 39.2 Å². The third-order valence-electron chi connectivity index (χ3n) is 9.42. The van der Waals surface area contributed by atoms with E-state index in [1.165, 1.54) is 58.4 Å². The summed E-state index contributed by atoms with van der Waals surface area (Å²) in [5.74, 6) is -2.01. The van der Waals surface area contributed by atoms with Gasteiger partial charge in [0.25, 0.3) is 0 Å². The fraction of sp³-hybridized carbons (Fsp3) is 0.371. The number of carboxylic acids is 1. The van der Waals surface area contributed by atoms with E-state index in [4.69, 9.17) is 9.84 Å². The van der Waals surface area contributed by atoms with Gasteiger partial charge in [-0.1, -0.05) is 56.2 Å². The molecule has 2 atom stereocenters. The molecule has 4 N–H and O–H groups in total. The van der Waals surface area contributed by atoms with E-state index in [-0.39, 0.29) is 33.7 Å². The lowest BCUT2D eigenvalue weighted by molar-refractivity contribution is -1.20. The predicted molar refractivity (Wildman–Crippen MR) is 168 cm³/mol. The molecule has 12 heteroatoms. The molecular formula is C35H38F4N3O5+. The lowest BCUT2D eigenvalue weighted by Gasteiger charge is -2.38. The number of nitrogens with one attached hydrogen (secondary N) is 1. The average Bonchev–Trinajstić information content (AvgIpc) is 3.36. The Morgan fingerprint density at radius 1 is 1.06 bits per heavy atom. The maximum Gasteiger partial charge on any atom is 0.417 e. The van der Waals surface area contributed by atoms with Crippen molar-refractivity contribution >= 4 is 17.4 Å². The van der Waals surface area contributed by atoms with Gasteiger partial charge in [0, 0.05) is 12.1 Å². The van der Waals surface area contributed by atoms with E-state index >= 15 is 0 Å². The summed E-state index contributed by atoms with van der Waals surface area (Å²) in [4.78, 5) is 13.3. The molecule has 0 heterocycles. The number of aliphatic imine (C=N–C) groups is 1. The van der Waals surface area contributed by atoms with Crippen LogP contribution in [0.1, 0.15) is 79.9 Å². The molecule has 0 amide bonds. The van der Waals surface area contributed by atoms with Gasteiger partial charge in [-0.2, -0.15) is 23.6 Å². The van der Waals surface area contributed by atoms with Crippen LogP contribution in [0.2, 0.25) is 0 Å². The lowest BCUT2D eigenvalue weighted by atomic mass is 9.66. The number of fused-ring (bicyclic) bond motifs is 2. The number of anilines is 1. The highest BCUT2D eigenvalue weighted by Gasteiger charge is 2.42. The summed E-state index contributed by atoms with van der Waals surface area (Å²) >= 11 is 0. The summed E-state index contributed by atoms with van der Waals surface area (Å²) < 4.78 is 62.7. The molecule has 0 aliphatic heterocycles. The minimum Gasteiger partial charge on any atom is -0.494 e.